The number of aldehydes is 1. The number of carbonyl (C=O) groups is 1. The SMILES string of the molecule is Cc1nn(C(C)(C)C)c(C)c1C=O. The van der Waals surface area contributed by atoms with Gasteiger partial charge in [0.15, 0.2) is 6.29 Å². The molecule has 0 bridgehead atoms. The fraction of sp³-hybridized carbons (Fsp3) is 0.600. The maximum atomic E-state index is 10.7. The first-order valence-electron chi connectivity index (χ1n) is 4.40. The first kappa shape index (κ1) is 9.96. The van der Waals surface area contributed by atoms with E-state index in [-0.39, 0.29) is 5.54 Å². The Morgan fingerprint density at radius 2 is 1.85 bits per heavy atom. The van der Waals surface area contributed by atoms with Crippen molar-refractivity contribution in [1.82, 2.24) is 9.78 Å². The second-order valence-electron chi connectivity index (χ2n) is 4.28. The van der Waals surface area contributed by atoms with Crippen LogP contribution in [0.2, 0.25) is 0 Å². The molecule has 1 heterocycles. The first-order chi connectivity index (χ1) is 5.88. The van der Waals surface area contributed by atoms with Gasteiger partial charge in [-0.15, -0.1) is 0 Å². The molecule has 0 spiro atoms. The molecule has 0 aromatic carbocycles. The Hall–Kier alpha value is -1.12. The van der Waals surface area contributed by atoms with E-state index >= 15 is 0 Å². The molecule has 1 aromatic heterocycles. The Labute approximate surface area is 78.8 Å². The van der Waals surface area contributed by atoms with Crippen LogP contribution in [0.25, 0.3) is 0 Å². The molecule has 0 aliphatic carbocycles. The topological polar surface area (TPSA) is 34.9 Å². The summed E-state index contributed by atoms with van der Waals surface area (Å²) in [7, 11) is 0. The summed E-state index contributed by atoms with van der Waals surface area (Å²) in [6.45, 7) is 10.00. The average Bonchev–Trinajstić information content (AvgIpc) is 2.25. The van der Waals surface area contributed by atoms with Crippen LogP contribution in [0.15, 0.2) is 0 Å². The summed E-state index contributed by atoms with van der Waals surface area (Å²) >= 11 is 0. The molecule has 1 rings (SSSR count). The van der Waals surface area contributed by atoms with E-state index in [4.69, 9.17) is 0 Å². The van der Waals surface area contributed by atoms with E-state index < -0.39 is 0 Å². The zero-order chi connectivity index (χ0) is 10.2. The Kier molecular flexibility index (Phi) is 2.28. The fourth-order valence-corrected chi connectivity index (χ4v) is 1.48. The van der Waals surface area contributed by atoms with Gasteiger partial charge >= 0.3 is 0 Å². The van der Waals surface area contributed by atoms with E-state index in [1.165, 1.54) is 0 Å². The molecule has 3 heteroatoms. The molecule has 3 nitrogen and oxygen atoms in total. The van der Waals surface area contributed by atoms with Gasteiger partial charge in [-0.25, -0.2) is 0 Å². The summed E-state index contributed by atoms with van der Waals surface area (Å²) in [5.74, 6) is 0. The van der Waals surface area contributed by atoms with Crippen LogP contribution in [0.1, 0.15) is 42.5 Å². The molecule has 13 heavy (non-hydrogen) atoms. The van der Waals surface area contributed by atoms with Gasteiger partial charge in [-0.2, -0.15) is 5.10 Å². The quantitative estimate of drug-likeness (QED) is 0.620. The molecule has 1 aromatic rings. The van der Waals surface area contributed by atoms with Crippen LogP contribution in [0.4, 0.5) is 0 Å². The Morgan fingerprint density at radius 1 is 1.31 bits per heavy atom. The number of nitrogens with zero attached hydrogens (tertiary/aromatic N) is 2. The summed E-state index contributed by atoms with van der Waals surface area (Å²) in [6, 6.07) is 0. The highest BCUT2D eigenvalue weighted by Crippen LogP contribution is 2.19. The van der Waals surface area contributed by atoms with Gasteiger partial charge in [0.2, 0.25) is 0 Å². The second-order valence-corrected chi connectivity index (χ2v) is 4.28. The van der Waals surface area contributed by atoms with Gasteiger partial charge < -0.3 is 0 Å². The highest BCUT2D eigenvalue weighted by Gasteiger charge is 2.20. The van der Waals surface area contributed by atoms with Crippen LogP contribution in [0.5, 0.6) is 0 Å². The standard InChI is InChI=1S/C10H16N2O/c1-7-9(6-13)8(2)12(11-7)10(3,4)5/h6H,1-5H3. The van der Waals surface area contributed by atoms with Crippen LogP contribution < -0.4 is 0 Å². The summed E-state index contributed by atoms with van der Waals surface area (Å²) in [5, 5.41) is 4.34. The van der Waals surface area contributed by atoms with E-state index in [0.29, 0.717) is 0 Å². The maximum Gasteiger partial charge on any atom is 0.153 e. The molecule has 0 amide bonds. The minimum Gasteiger partial charge on any atom is -0.298 e. The molecular formula is C10H16N2O. The Morgan fingerprint density at radius 3 is 2.08 bits per heavy atom. The van der Waals surface area contributed by atoms with Crippen molar-refractivity contribution in [2.45, 2.75) is 40.2 Å². The molecule has 0 radical (unpaired) electrons. The predicted molar refractivity (Wildman–Crippen MR) is 52.1 cm³/mol. The van der Waals surface area contributed by atoms with Gasteiger partial charge in [-0.3, -0.25) is 9.48 Å². The van der Waals surface area contributed by atoms with E-state index in [1.807, 2.05) is 18.5 Å². The summed E-state index contributed by atoms with van der Waals surface area (Å²) in [6.07, 6.45) is 0.875. The Bertz CT molecular complexity index is 331. The van der Waals surface area contributed by atoms with Gasteiger partial charge in [0.1, 0.15) is 0 Å². The largest absolute Gasteiger partial charge is 0.298 e. The lowest BCUT2D eigenvalue weighted by molar-refractivity contribution is 0.112. The van der Waals surface area contributed by atoms with Crippen molar-refractivity contribution in [2.24, 2.45) is 0 Å². The highest BCUT2D eigenvalue weighted by molar-refractivity contribution is 5.78. The molecule has 0 saturated carbocycles. The van der Waals surface area contributed by atoms with Crippen molar-refractivity contribution >= 4 is 6.29 Å². The second kappa shape index (κ2) is 2.98. The molecular weight excluding hydrogens is 164 g/mol. The van der Waals surface area contributed by atoms with Crippen molar-refractivity contribution in [3.8, 4) is 0 Å². The van der Waals surface area contributed by atoms with E-state index in [9.17, 15) is 4.79 Å². The van der Waals surface area contributed by atoms with Crippen molar-refractivity contribution < 1.29 is 4.79 Å². The molecule has 72 valence electrons. The number of rotatable bonds is 1. The number of aromatic nitrogens is 2. The lowest BCUT2D eigenvalue weighted by Gasteiger charge is -2.21. The van der Waals surface area contributed by atoms with Crippen LogP contribution in [-0.4, -0.2) is 16.1 Å². The molecule has 0 fully saturated rings. The lowest BCUT2D eigenvalue weighted by Crippen LogP contribution is -2.24. The highest BCUT2D eigenvalue weighted by atomic mass is 16.1. The van der Waals surface area contributed by atoms with Gasteiger partial charge in [-0.05, 0) is 34.6 Å². The molecule has 0 aliphatic rings. The normalized spacial score (nSPS) is 11.8. The van der Waals surface area contributed by atoms with Gasteiger partial charge in [0, 0.05) is 5.69 Å². The number of hydrogen-bond acceptors (Lipinski definition) is 2. The maximum absolute atomic E-state index is 10.7. The van der Waals surface area contributed by atoms with E-state index in [0.717, 1.165) is 23.2 Å². The lowest BCUT2D eigenvalue weighted by atomic mass is 10.1. The summed E-state index contributed by atoms with van der Waals surface area (Å²) in [4.78, 5) is 10.7. The molecule has 0 aliphatic heterocycles. The third-order valence-corrected chi connectivity index (χ3v) is 2.10. The van der Waals surface area contributed by atoms with Crippen molar-refractivity contribution in [3.63, 3.8) is 0 Å². The molecule has 0 unspecified atom stereocenters. The number of hydrogen-bond donors (Lipinski definition) is 0. The predicted octanol–water partition coefficient (Wildman–Crippen LogP) is 2.07. The fourth-order valence-electron chi connectivity index (χ4n) is 1.48. The molecule has 0 saturated heterocycles. The third-order valence-electron chi connectivity index (χ3n) is 2.10. The van der Waals surface area contributed by atoms with Crippen molar-refractivity contribution in [1.29, 1.82) is 0 Å². The Balaban J connectivity index is 3.34. The van der Waals surface area contributed by atoms with E-state index in [1.54, 1.807) is 0 Å². The van der Waals surface area contributed by atoms with Crippen LogP contribution in [0.3, 0.4) is 0 Å². The van der Waals surface area contributed by atoms with Crippen LogP contribution in [0, 0.1) is 13.8 Å². The number of carbonyl (C=O) groups excluding carboxylic acids is 1. The third kappa shape index (κ3) is 1.64. The average molecular weight is 180 g/mol. The number of aryl methyl sites for hydroxylation is 1. The van der Waals surface area contributed by atoms with Gasteiger partial charge in [0.25, 0.3) is 0 Å². The minimum atomic E-state index is -0.0594. The van der Waals surface area contributed by atoms with Crippen molar-refractivity contribution in [3.05, 3.63) is 17.0 Å². The monoisotopic (exact) mass is 180 g/mol. The van der Waals surface area contributed by atoms with Crippen LogP contribution >= 0.6 is 0 Å². The summed E-state index contributed by atoms with van der Waals surface area (Å²) < 4.78 is 1.89. The zero-order valence-corrected chi connectivity index (χ0v) is 8.88. The summed E-state index contributed by atoms with van der Waals surface area (Å²) in [5.41, 5.74) is 2.41. The first-order valence-corrected chi connectivity index (χ1v) is 4.40. The van der Waals surface area contributed by atoms with Gasteiger partial charge in [0.05, 0.1) is 16.8 Å². The molecule has 0 N–H and O–H groups in total. The smallest absolute Gasteiger partial charge is 0.153 e. The van der Waals surface area contributed by atoms with Crippen molar-refractivity contribution in [2.75, 3.05) is 0 Å². The minimum absolute atomic E-state index is 0.0594. The van der Waals surface area contributed by atoms with Gasteiger partial charge in [-0.1, -0.05) is 0 Å². The molecule has 0 atom stereocenters. The van der Waals surface area contributed by atoms with Crippen LogP contribution in [-0.2, 0) is 5.54 Å². The van der Waals surface area contributed by atoms with E-state index in [2.05, 4.69) is 25.9 Å². The zero-order valence-electron chi connectivity index (χ0n) is 8.88.